The van der Waals surface area contributed by atoms with Gasteiger partial charge in [0.05, 0.1) is 6.10 Å². The fourth-order valence-corrected chi connectivity index (χ4v) is 1.99. The predicted molar refractivity (Wildman–Crippen MR) is 72.8 cm³/mol. The molecular weight excluding hydrogens is 246 g/mol. The number of carbonyl (C=O) groups is 2. The van der Waals surface area contributed by atoms with E-state index < -0.39 is 6.04 Å². The number of likely N-dealkylation sites (N-methyl/N-ethyl adjacent to an activating group) is 1. The number of nitrogens with one attached hydrogen (secondary N) is 2. The van der Waals surface area contributed by atoms with Crippen LogP contribution in [0.5, 0.6) is 0 Å². The van der Waals surface area contributed by atoms with Crippen LogP contribution in [0.2, 0.25) is 0 Å². The van der Waals surface area contributed by atoms with Crippen LogP contribution in [0.25, 0.3) is 0 Å². The SMILES string of the molecule is CCN(C)C(=O)C(C)NC(=O)COC1CCNCC1. The lowest BCUT2D eigenvalue weighted by molar-refractivity contribution is -0.137. The van der Waals surface area contributed by atoms with Crippen LogP contribution in [-0.2, 0) is 14.3 Å². The average molecular weight is 271 g/mol. The van der Waals surface area contributed by atoms with Crippen LogP contribution in [-0.4, -0.2) is 62.1 Å². The van der Waals surface area contributed by atoms with E-state index in [-0.39, 0.29) is 24.5 Å². The lowest BCUT2D eigenvalue weighted by atomic mass is 10.1. The first-order valence-electron chi connectivity index (χ1n) is 6.91. The minimum atomic E-state index is -0.505. The van der Waals surface area contributed by atoms with E-state index in [1.807, 2.05) is 6.92 Å². The second-order valence-electron chi connectivity index (χ2n) is 4.90. The van der Waals surface area contributed by atoms with E-state index in [2.05, 4.69) is 10.6 Å². The normalized spacial score (nSPS) is 17.8. The minimum Gasteiger partial charge on any atom is -0.368 e. The standard InChI is InChI=1S/C13H25N3O3/c1-4-16(3)13(18)10(2)15-12(17)9-19-11-5-7-14-8-6-11/h10-11,14H,4-9H2,1-3H3,(H,15,17). The van der Waals surface area contributed by atoms with E-state index in [1.165, 1.54) is 0 Å². The van der Waals surface area contributed by atoms with Crippen molar-refractivity contribution in [3.05, 3.63) is 0 Å². The molecule has 2 amide bonds. The fraction of sp³-hybridized carbons (Fsp3) is 0.846. The topological polar surface area (TPSA) is 70.7 Å². The highest BCUT2D eigenvalue weighted by atomic mass is 16.5. The maximum Gasteiger partial charge on any atom is 0.246 e. The summed E-state index contributed by atoms with van der Waals surface area (Å²) in [6.07, 6.45) is 2.01. The molecule has 1 rings (SSSR count). The number of hydrogen-bond donors (Lipinski definition) is 2. The molecule has 1 aliphatic heterocycles. The largest absolute Gasteiger partial charge is 0.368 e. The van der Waals surface area contributed by atoms with Gasteiger partial charge in [-0.15, -0.1) is 0 Å². The molecule has 1 unspecified atom stereocenters. The van der Waals surface area contributed by atoms with E-state index in [9.17, 15) is 9.59 Å². The van der Waals surface area contributed by atoms with Gasteiger partial charge in [-0.3, -0.25) is 9.59 Å². The second-order valence-corrected chi connectivity index (χ2v) is 4.90. The lowest BCUT2D eigenvalue weighted by Crippen LogP contribution is -2.47. The molecule has 6 nitrogen and oxygen atoms in total. The summed E-state index contributed by atoms with van der Waals surface area (Å²) in [7, 11) is 1.72. The average Bonchev–Trinajstić information content (AvgIpc) is 2.44. The van der Waals surface area contributed by atoms with E-state index in [0.717, 1.165) is 25.9 Å². The molecule has 0 aromatic heterocycles. The van der Waals surface area contributed by atoms with Gasteiger partial charge in [-0.05, 0) is 39.8 Å². The van der Waals surface area contributed by atoms with Gasteiger partial charge in [0.1, 0.15) is 12.6 Å². The Kier molecular flexibility index (Phi) is 6.80. The highest BCUT2D eigenvalue weighted by Gasteiger charge is 2.20. The first kappa shape index (κ1) is 15.9. The number of nitrogens with zero attached hydrogens (tertiary/aromatic N) is 1. The maximum atomic E-state index is 11.8. The van der Waals surface area contributed by atoms with Gasteiger partial charge >= 0.3 is 0 Å². The first-order chi connectivity index (χ1) is 9.04. The number of ether oxygens (including phenoxy) is 1. The van der Waals surface area contributed by atoms with Gasteiger partial charge in [-0.25, -0.2) is 0 Å². The summed E-state index contributed by atoms with van der Waals surface area (Å²) in [5, 5.41) is 5.90. The van der Waals surface area contributed by atoms with Crippen LogP contribution in [0.3, 0.4) is 0 Å². The van der Waals surface area contributed by atoms with Gasteiger partial charge in [0.25, 0.3) is 0 Å². The molecule has 2 N–H and O–H groups in total. The third-order valence-electron chi connectivity index (χ3n) is 3.33. The Bertz CT molecular complexity index is 304. The molecule has 19 heavy (non-hydrogen) atoms. The molecule has 1 aliphatic rings. The molecule has 1 saturated heterocycles. The highest BCUT2D eigenvalue weighted by molar-refractivity contribution is 5.87. The van der Waals surface area contributed by atoms with Gasteiger partial charge in [0.2, 0.25) is 11.8 Å². The van der Waals surface area contributed by atoms with Crippen molar-refractivity contribution in [2.24, 2.45) is 0 Å². The number of rotatable bonds is 6. The molecule has 6 heteroatoms. The van der Waals surface area contributed by atoms with Crippen molar-refractivity contribution >= 4 is 11.8 Å². The van der Waals surface area contributed by atoms with Crippen LogP contribution in [0, 0.1) is 0 Å². The summed E-state index contributed by atoms with van der Waals surface area (Å²) < 4.78 is 5.54. The molecule has 0 aliphatic carbocycles. The van der Waals surface area contributed by atoms with Gasteiger partial charge < -0.3 is 20.3 Å². The Morgan fingerprint density at radius 3 is 2.63 bits per heavy atom. The summed E-state index contributed by atoms with van der Waals surface area (Å²) in [6.45, 7) is 6.11. The maximum absolute atomic E-state index is 11.8. The number of amides is 2. The van der Waals surface area contributed by atoms with Crippen molar-refractivity contribution in [1.29, 1.82) is 0 Å². The quantitative estimate of drug-likeness (QED) is 0.698. The van der Waals surface area contributed by atoms with Crippen molar-refractivity contribution < 1.29 is 14.3 Å². The summed E-state index contributed by atoms with van der Waals surface area (Å²) in [6, 6.07) is -0.505. The Hall–Kier alpha value is -1.14. The van der Waals surface area contributed by atoms with Gasteiger partial charge in [-0.2, -0.15) is 0 Å². The molecule has 1 heterocycles. The van der Waals surface area contributed by atoms with Gasteiger partial charge in [-0.1, -0.05) is 0 Å². The zero-order valence-corrected chi connectivity index (χ0v) is 12.1. The van der Waals surface area contributed by atoms with Gasteiger partial charge in [0, 0.05) is 13.6 Å². The van der Waals surface area contributed by atoms with E-state index in [0.29, 0.717) is 6.54 Å². The Morgan fingerprint density at radius 2 is 2.05 bits per heavy atom. The Labute approximate surface area is 114 Å². The van der Waals surface area contributed by atoms with Crippen molar-refractivity contribution in [2.75, 3.05) is 33.3 Å². The molecule has 0 aromatic rings. The summed E-state index contributed by atoms with van der Waals surface area (Å²) >= 11 is 0. The van der Waals surface area contributed by atoms with Crippen molar-refractivity contribution in [3.63, 3.8) is 0 Å². The van der Waals surface area contributed by atoms with Crippen LogP contribution in [0.4, 0.5) is 0 Å². The van der Waals surface area contributed by atoms with E-state index in [1.54, 1.807) is 18.9 Å². The second kappa shape index (κ2) is 8.12. The summed E-state index contributed by atoms with van der Waals surface area (Å²) in [5.41, 5.74) is 0. The third-order valence-corrected chi connectivity index (χ3v) is 3.33. The van der Waals surface area contributed by atoms with Crippen LogP contribution in [0.15, 0.2) is 0 Å². The fourth-order valence-electron chi connectivity index (χ4n) is 1.99. The van der Waals surface area contributed by atoms with Crippen molar-refractivity contribution in [2.45, 2.75) is 38.8 Å². The molecule has 110 valence electrons. The van der Waals surface area contributed by atoms with E-state index >= 15 is 0 Å². The zero-order valence-electron chi connectivity index (χ0n) is 12.1. The zero-order chi connectivity index (χ0) is 14.3. The number of hydrogen-bond acceptors (Lipinski definition) is 4. The van der Waals surface area contributed by atoms with Crippen LogP contribution < -0.4 is 10.6 Å². The Morgan fingerprint density at radius 1 is 1.42 bits per heavy atom. The molecule has 0 aromatic carbocycles. The molecule has 0 saturated carbocycles. The van der Waals surface area contributed by atoms with Crippen molar-refractivity contribution in [3.8, 4) is 0 Å². The molecular formula is C13H25N3O3. The molecule has 0 bridgehead atoms. The molecule has 0 spiro atoms. The van der Waals surface area contributed by atoms with Crippen molar-refractivity contribution in [1.82, 2.24) is 15.5 Å². The first-order valence-corrected chi connectivity index (χ1v) is 6.91. The Balaban J connectivity index is 2.24. The van der Waals surface area contributed by atoms with Crippen LogP contribution in [0.1, 0.15) is 26.7 Å². The number of piperidine rings is 1. The minimum absolute atomic E-state index is 0.0259. The lowest BCUT2D eigenvalue weighted by Gasteiger charge is -2.24. The summed E-state index contributed by atoms with van der Waals surface area (Å²) in [5.74, 6) is -0.318. The molecule has 1 fully saturated rings. The van der Waals surface area contributed by atoms with Crippen LogP contribution >= 0.6 is 0 Å². The summed E-state index contributed by atoms with van der Waals surface area (Å²) in [4.78, 5) is 25.0. The smallest absolute Gasteiger partial charge is 0.246 e. The van der Waals surface area contributed by atoms with E-state index in [4.69, 9.17) is 4.74 Å². The number of carbonyl (C=O) groups excluding carboxylic acids is 2. The predicted octanol–water partition coefficient (Wildman–Crippen LogP) is -0.262. The monoisotopic (exact) mass is 271 g/mol. The molecule has 1 atom stereocenters. The highest BCUT2D eigenvalue weighted by Crippen LogP contribution is 2.06. The third kappa shape index (κ3) is 5.57. The van der Waals surface area contributed by atoms with Gasteiger partial charge in [0.15, 0.2) is 0 Å². The molecule has 0 radical (unpaired) electrons.